The Morgan fingerprint density at radius 1 is 1.45 bits per heavy atom. The van der Waals surface area contributed by atoms with E-state index >= 15 is 0 Å². The Balaban J connectivity index is 2.57. The molecule has 0 aromatic carbocycles. The molecule has 3 nitrogen and oxygen atoms in total. The van der Waals surface area contributed by atoms with Crippen molar-refractivity contribution in [3.05, 3.63) is 36.3 Å². The van der Waals surface area contributed by atoms with Crippen molar-refractivity contribution in [2.45, 2.75) is 6.42 Å². The van der Waals surface area contributed by atoms with Crippen LogP contribution in [0.2, 0.25) is 0 Å². The zero-order valence-corrected chi connectivity index (χ0v) is 5.86. The van der Waals surface area contributed by atoms with Crippen LogP contribution >= 0.6 is 0 Å². The molecule has 0 atom stereocenters. The maximum Gasteiger partial charge on any atom is 0.311 e. The Morgan fingerprint density at radius 2 is 2.27 bits per heavy atom. The third kappa shape index (κ3) is 2.71. The number of rotatable bonds is 2. The Hall–Kier alpha value is -1.51. The van der Waals surface area contributed by atoms with Gasteiger partial charge in [-0.2, -0.15) is 0 Å². The molecule has 0 radical (unpaired) electrons. The van der Waals surface area contributed by atoms with Gasteiger partial charge in [0.15, 0.2) is 0 Å². The first-order valence-corrected chi connectivity index (χ1v) is 3.20. The van der Waals surface area contributed by atoms with E-state index in [9.17, 15) is 4.79 Å². The van der Waals surface area contributed by atoms with Crippen molar-refractivity contribution in [2.75, 3.05) is 0 Å². The number of carboxylic acids is 1. The lowest BCUT2D eigenvalue weighted by Crippen LogP contribution is -1.97. The Kier molecular flexibility index (Phi) is 2.49. The molecular weight excluding hydrogens is 144 g/mol. The van der Waals surface area contributed by atoms with Gasteiger partial charge in [0.25, 0.3) is 0 Å². The number of aliphatic carboxylic acids is 1. The van der Waals surface area contributed by atoms with Gasteiger partial charge >= 0.3 is 5.97 Å². The van der Waals surface area contributed by atoms with Gasteiger partial charge in [0.05, 0.1) is 6.26 Å². The van der Waals surface area contributed by atoms with Gasteiger partial charge in [-0.1, -0.05) is 12.2 Å². The summed E-state index contributed by atoms with van der Waals surface area (Å²) in [4.78, 5) is 10.2. The quantitative estimate of drug-likeness (QED) is 0.651. The van der Waals surface area contributed by atoms with Gasteiger partial charge in [-0.15, -0.1) is 0 Å². The molecule has 0 aliphatic carbocycles. The molecule has 0 aromatic heterocycles. The molecule has 1 rings (SSSR count). The van der Waals surface area contributed by atoms with E-state index in [1.54, 1.807) is 24.3 Å². The van der Waals surface area contributed by atoms with Crippen molar-refractivity contribution < 1.29 is 14.6 Å². The van der Waals surface area contributed by atoms with Crippen molar-refractivity contribution in [1.82, 2.24) is 0 Å². The number of hydrogen-bond donors (Lipinski definition) is 1. The molecule has 0 amide bonds. The minimum Gasteiger partial charge on any atom is -0.481 e. The van der Waals surface area contributed by atoms with Gasteiger partial charge in [-0.25, -0.2) is 0 Å². The van der Waals surface area contributed by atoms with Gasteiger partial charge in [0, 0.05) is 0 Å². The van der Waals surface area contributed by atoms with Crippen LogP contribution in [0.5, 0.6) is 0 Å². The fourth-order valence-corrected chi connectivity index (χ4v) is 0.688. The second-order valence-electron chi connectivity index (χ2n) is 2.03. The van der Waals surface area contributed by atoms with E-state index in [1.165, 1.54) is 6.26 Å². The lowest BCUT2D eigenvalue weighted by Gasteiger charge is -1.99. The van der Waals surface area contributed by atoms with Gasteiger partial charge in [0.2, 0.25) is 0 Å². The van der Waals surface area contributed by atoms with Crippen LogP contribution in [-0.4, -0.2) is 11.1 Å². The van der Waals surface area contributed by atoms with Crippen molar-refractivity contribution in [1.29, 1.82) is 0 Å². The monoisotopic (exact) mass is 152 g/mol. The number of hydrogen-bond acceptors (Lipinski definition) is 2. The Labute approximate surface area is 64.3 Å². The lowest BCUT2D eigenvalue weighted by molar-refractivity contribution is -0.136. The summed E-state index contributed by atoms with van der Waals surface area (Å²) in [6.45, 7) is 0. The minimum absolute atomic E-state index is 0.0747. The van der Waals surface area contributed by atoms with Crippen LogP contribution in [0.4, 0.5) is 0 Å². The Morgan fingerprint density at radius 3 is 3.00 bits per heavy atom. The second kappa shape index (κ2) is 3.61. The molecule has 1 heterocycles. The summed E-state index contributed by atoms with van der Waals surface area (Å²) in [6, 6.07) is 0. The van der Waals surface area contributed by atoms with E-state index < -0.39 is 5.97 Å². The van der Waals surface area contributed by atoms with Crippen molar-refractivity contribution in [2.24, 2.45) is 0 Å². The lowest BCUT2D eigenvalue weighted by atomic mass is 10.3. The number of allylic oxidation sites excluding steroid dienone is 4. The highest BCUT2D eigenvalue weighted by Crippen LogP contribution is 2.07. The minimum atomic E-state index is -0.889. The maximum absolute atomic E-state index is 10.2. The molecule has 11 heavy (non-hydrogen) atoms. The summed E-state index contributed by atoms with van der Waals surface area (Å²) in [6.07, 6.45) is 8.23. The molecule has 0 bridgehead atoms. The molecular formula is C8H8O3. The first-order chi connectivity index (χ1) is 5.29. The summed E-state index contributed by atoms with van der Waals surface area (Å²) >= 11 is 0. The fourth-order valence-electron chi connectivity index (χ4n) is 0.688. The highest BCUT2D eigenvalue weighted by atomic mass is 16.5. The fraction of sp³-hybridized carbons (Fsp3) is 0.125. The normalized spacial score (nSPS) is 15.1. The van der Waals surface area contributed by atoms with E-state index in [-0.39, 0.29) is 6.42 Å². The third-order valence-corrected chi connectivity index (χ3v) is 1.13. The van der Waals surface area contributed by atoms with E-state index in [0.29, 0.717) is 5.76 Å². The number of ether oxygens (including phenoxy) is 1. The summed E-state index contributed by atoms with van der Waals surface area (Å²) in [7, 11) is 0. The molecule has 0 unspecified atom stereocenters. The largest absolute Gasteiger partial charge is 0.481 e. The molecule has 0 aromatic rings. The van der Waals surface area contributed by atoms with Crippen LogP contribution < -0.4 is 0 Å². The van der Waals surface area contributed by atoms with Gasteiger partial charge in [-0.05, 0) is 12.2 Å². The predicted octanol–water partition coefficient (Wildman–Crippen LogP) is 1.45. The van der Waals surface area contributed by atoms with E-state index in [0.717, 1.165) is 0 Å². The van der Waals surface area contributed by atoms with E-state index in [2.05, 4.69) is 0 Å². The number of carbonyl (C=O) groups is 1. The zero-order chi connectivity index (χ0) is 8.10. The van der Waals surface area contributed by atoms with Gasteiger partial charge in [0.1, 0.15) is 12.2 Å². The maximum atomic E-state index is 10.2. The first-order valence-electron chi connectivity index (χ1n) is 3.20. The average Bonchev–Trinajstić information content (AvgIpc) is 2.14. The van der Waals surface area contributed by atoms with Crippen molar-refractivity contribution in [3.63, 3.8) is 0 Å². The third-order valence-electron chi connectivity index (χ3n) is 1.13. The summed E-state index contributed by atoms with van der Waals surface area (Å²) in [5, 5.41) is 8.39. The SMILES string of the molecule is O=C(O)CC1=CC=CC=CO1. The molecule has 58 valence electrons. The molecule has 1 aliphatic heterocycles. The summed E-state index contributed by atoms with van der Waals surface area (Å²) < 4.78 is 4.95. The topological polar surface area (TPSA) is 46.5 Å². The van der Waals surface area contributed by atoms with Crippen molar-refractivity contribution >= 4 is 5.97 Å². The molecule has 1 N–H and O–H groups in total. The van der Waals surface area contributed by atoms with Crippen LogP contribution in [0.1, 0.15) is 6.42 Å². The zero-order valence-electron chi connectivity index (χ0n) is 5.86. The number of carboxylic acid groups (broad SMARTS) is 1. The molecule has 0 saturated carbocycles. The standard InChI is InChI=1S/C8H8O3/c9-8(10)6-7-4-2-1-3-5-11-7/h1-5H,6H2,(H,9,10). The van der Waals surface area contributed by atoms with Crippen LogP contribution in [0, 0.1) is 0 Å². The summed E-state index contributed by atoms with van der Waals surface area (Å²) in [5.41, 5.74) is 0. The van der Waals surface area contributed by atoms with Crippen LogP contribution in [0.25, 0.3) is 0 Å². The smallest absolute Gasteiger partial charge is 0.311 e. The van der Waals surface area contributed by atoms with Crippen LogP contribution in [0.15, 0.2) is 36.3 Å². The van der Waals surface area contributed by atoms with E-state index in [1.807, 2.05) is 0 Å². The molecule has 3 heteroatoms. The predicted molar refractivity (Wildman–Crippen MR) is 39.7 cm³/mol. The molecule has 0 saturated heterocycles. The molecule has 0 fully saturated rings. The van der Waals surface area contributed by atoms with Crippen LogP contribution in [-0.2, 0) is 9.53 Å². The van der Waals surface area contributed by atoms with E-state index in [4.69, 9.17) is 9.84 Å². The van der Waals surface area contributed by atoms with Gasteiger partial charge < -0.3 is 9.84 Å². The average molecular weight is 152 g/mol. The van der Waals surface area contributed by atoms with Crippen LogP contribution in [0.3, 0.4) is 0 Å². The first kappa shape index (κ1) is 7.60. The second-order valence-corrected chi connectivity index (χ2v) is 2.03. The Bertz CT molecular complexity index is 236. The highest BCUT2D eigenvalue weighted by molar-refractivity contribution is 5.69. The summed E-state index contributed by atoms with van der Waals surface area (Å²) in [5.74, 6) is -0.442. The highest BCUT2D eigenvalue weighted by Gasteiger charge is 2.03. The van der Waals surface area contributed by atoms with Crippen molar-refractivity contribution in [3.8, 4) is 0 Å². The molecule has 0 spiro atoms. The van der Waals surface area contributed by atoms with Gasteiger partial charge in [-0.3, -0.25) is 4.79 Å². The molecule has 1 aliphatic rings.